The summed E-state index contributed by atoms with van der Waals surface area (Å²) < 4.78 is 13.2. The van der Waals surface area contributed by atoms with Crippen molar-refractivity contribution in [2.24, 2.45) is 0 Å². The first-order valence-corrected chi connectivity index (χ1v) is 5.13. The molecule has 88 valence electrons. The summed E-state index contributed by atoms with van der Waals surface area (Å²) in [5.41, 5.74) is -0.360. The molecule has 0 aromatic heterocycles. The molecular weight excluding hydrogens is 209 g/mol. The van der Waals surface area contributed by atoms with Crippen LogP contribution in [-0.2, 0) is 11.2 Å². The molecule has 0 aliphatic carbocycles. The van der Waals surface area contributed by atoms with Crippen LogP contribution in [0, 0.1) is 0 Å². The Balaban J connectivity index is 2.65. The van der Waals surface area contributed by atoms with Gasteiger partial charge < -0.3 is 10.4 Å². The summed E-state index contributed by atoms with van der Waals surface area (Å²) in [6, 6.07) is 6.96. The molecule has 0 saturated carbocycles. The minimum atomic E-state index is -1.89. The fraction of sp³-hybridized carbons (Fsp3) is 0.417. The lowest BCUT2D eigenvalue weighted by Gasteiger charge is -2.14. The van der Waals surface area contributed by atoms with Gasteiger partial charge >= 0.3 is 0 Å². The normalized spacial score (nSPS) is 11.2. The van der Waals surface area contributed by atoms with Gasteiger partial charge in [-0.05, 0) is 38.0 Å². The monoisotopic (exact) mass is 225 g/mol. The van der Waals surface area contributed by atoms with Crippen LogP contribution in [0.4, 0.5) is 10.1 Å². The third-order valence-electron chi connectivity index (χ3n) is 2.15. The summed E-state index contributed by atoms with van der Waals surface area (Å²) in [4.78, 5) is 11.3. The van der Waals surface area contributed by atoms with Crippen molar-refractivity contribution in [1.29, 1.82) is 0 Å². The molecule has 0 bridgehead atoms. The number of alkyl halides is 1. The van der Waals surface area contributed by atoms with Crippen molar-refractivity contribution in [2.45, 2.75) is 25.9 Å². The van der Waals surface area contributed by atoms with Crippen molar-refractivity contribution < 1.29 is 14.3 Å². The lowest BCUT2D eigenvalue weighted by molar-refractivity contribution is -0.125. The summed E-state index contributed by atoms with van der Waals surface area (Å²) in [6.07, 6.45) is 0.572. The zero-order chi connectivity index (χ0) is 12.2. The Morgan fingerprint density at radius 3 is 2.38 bits per heavy atom. The van der Waals surface area contributed by atoms with Crippen molar-refractivity contribution in [1.82, 2.24) is 0 Å². The number of rotatable bonds is 4. The van der Waals surface area contributed by atoms with Gasteiger partial charge in [0.15, 0.2) is 5.67 Å². The van der Waals surface area contributed by atoms with E-state index in [-0.39, 0.29) is 6.61 Å². The van der Waals surface area contributed by atoms with E-state index in [0.717, 1.165) is 5.56 Å². The van der Waals surface area contributed by atoms with Crippen LogP contribution in [0.5, 0.6) is 0 Å². The van der Waals surface area contributed by atoms with Gasteiger partial charge in [0.1, 0.15) is 0 Å². The topological polar surface area (TPSA) is 49.3 Å². The molecule has 2 N–H and O–H groups in total. The number of nitrogens with one attached hydrogen (secondary N) is 1. The maximum absolute atomic E-state index is 13.2. The highest BCUT2D eigenvalue weighted by Crippen LogP contribution is 2.14. The van der Waals surface area contributed by atoms with Gasteiger partial charge in [-0.1, -0.05) is 12.1 Å². The molecule has 0 radical (unpaired) electrons. The maximum Gasteiger partial charge on any atom is 0.261 e. The van der Waals surface area contributed by atoms with E-state index in [9.17, 15) is 9.18 Å². The van der Waals surface area contributed by atoms with E-state index in [1.54, 1.807) is 24.3 Å². The Morgan fingerprint density at radius 1 is 1.38 bits per heavy atom. The molecule has 0 fully saturated rings. The van der Waals surface area contributed by atoms with Crippen LogP contribution in [0.15, 0.2) is 24.3 Å². The van der Waals surface area contributed by atoms with E-state index in [1.165, 1.54) is 13.8 Å². The minimum absolute atomic E-state index is 0.0865. The SMILES string of the molecule is CC(C)(F)C(=O)Nc1ccc(CCO)cc1. The number of halogens is 1. The Bertz CT molecular complexity index is 354. The highest BCUT2D eigenvalue weighted by Gasteiger charge is 2.26. The predicted molar refractivity (Wildman–Crippen MR) is 61.0 cm³/mol. The second-order valence-corrected chi connectivity index (χ2v) is 4.10. The number of hydrogen-bond donors (Lipinski definition) is 2. The number of carbonyl (C=O) groups is 1. The third-order valence-corrected chi connectivity index (χ3v) is 2.15. The fourth-order valence-electron chi connectivity index (χ4n) is 1.16. The van der Waals surface area contributed by atoms with Crippen molar-refractivity contribution in [3.05, 3.63) is 29.8 Å². The first kappa shape index (κ1) is 12.6. The summed E-state index contributed by atoms with van der Waals surface area (Å²) in [6.45, 7) is 2.51. The molecule has 1 amide bonds. The van der Waals surface area contributed by atoms with Gasteiger partial charge in [-0.25, -0.2) is 4.39 Å². The van der Waals surface area contributed by atoms with E-state index < -0.39 is 11.6 Å². The Labute approximate surface area is 94.3 Å². The van der Waals surface area contributed by atoms with Crippen LogP contribution >= 0.6 is 0 Å². The van der Waals surface area contributed by atoms with Crippen LogP contribution in [0.2, 0.25) is 0 Å². The number of anilines is 1. The number of carbonyl (C=O) groups excluding carboxylic acids is 1. The van der Waals surface area contributed by atoms with E-state index in [2.05, 4.69) is 5.32 Å². The van der Waals surface area contributed by atoms with Crippen LogP contribution in [0.3, 0.4) is 0 Å². The Morgan fingerprint density at radius 2 is 1.94 bits per heavy atom. The predicted octanol–water partition coefficient (Wildman–Crippen LogP) is 1.91. The molecule has 1 aromatic carbocycles. The molecule has 4 heteroatoms. The highest BCUT2D eigenvalue weighted by atomic mass is 19.1. The zero-order valence-electron chi connectivity index (χ0n) is 9.46. The van der Waals surface area contributed by atoms with Crippen molar-refractivity contribution in [3.63, 3.8) is 0 Å². The second-order valence-electron chi connectivity index (χ2n) is 4.10. The molecule has 0 atom stereocenters. The van der Waals surface area contributed by atoms with Gasteiger partial charge in [-0.3, -0.25) is 4.79 Å². The first-order valence-electron chi connectivity index (χ1n) is 5.13. The molecule has 0 spiro atoms. The van der Waals surface area contributed by atoms with E-state index in [0.29, 0.717) is 12.1 Å². The molecule has 3 nitrogen and oxygen atoms in total. The number of aliphatic hydroxyl groups is 1. The van der Waals surface area contributed by atoms with Gasteiger partial charge in [0.2, 0.25) is 0 Å². The van der Waals surface area contributed by atoms with Gasteiger partial charge in [0.05, 0.1) is 0 Å². The lowest BCUT2D eigenvalue weighted by Crippen LogP contribution is -2.32. The van der Waals surface area contributed by atoms with Crippen LogP contribution in [0.1, 0.15) is 19.4 Å². The minimum Gasteiger partial charge on any atom is -0.396 e. The van der Waals surface area contributed by atoms with Crippen molar-refractivity contribution in [2.75, 3.05) is 11.9 Å². The Hall–Kier alpha value is -1.42. The maximum atomic E-state index is 13.2. The average molecular weight is 225 g/mol. The summed E-state index contributed by atoms with van der Waals surface area (Å²) >= 11 is 0. The molecule has 0 unspecified atom stereocenters. The molecule has 1 rings (SSSR count). The number of amides is 1. The molecule has 16 heavy (non-hydrogen) atoms. The summed E-state index contributed by atoms with van der Waals surface area (Å²) in [5, 5.41) is 11.2. The Kier molecular flexibility index (Phi) is 4.01. The zero-order valence-corrected chi connectivity index (χ0v) is 9.46. The fourth-order valence-corrected chi connectivity index (χ4v) is 1.16. The van der Waals surface area contributed by atoms with Crippen LogP contribution in [-0.4, -0.2) is 23.3 Å². The van der Waals surface area contributed by atoms with Gasteiger partial charge in [0, 0.05) is 12.3 Å². The second kappa shape index (κ2) is 5.07. The average Bonchev–Trinajstić information content (AvgIpc) is 2.20. The van der Waals surface area contributed by atoms with E-state index in [4.69, 9.17) is 5.11 Å². The van der Waals surface area contributed by atoms with Crippen LogP contribution < -0.4 is 5.32 Å². The number of hydrogen-bond acceptors (Lipinski definition) is 2. The molecule has 0 heterocycles. The third kappa shape index (κ3) is 3.62. The molecule has 0 saturated heterocycles. The van der Waals surface area contributed by atoms with Crippen molar-refractivity contribution >= 4 is 11.6 Å². The van der Waals surface area contributed by atoms with Crippen LogP contribution in [0.25, 0.3) is 0 Å². The lowest BCUT2D eigenvalue weighted by atomic mass is 10.1. The van der Waals surface area contributed by atoms with Gasteiger partial charge in [-0.2, -0.15) is 0 Å². The summed E-state index contributed by atoms with van der Waals surface area (Å²) in [7, 11) is 0. The molecular formula is C12H16FNO2. The first-order chi connectivity index (χ1) is 7.43. The largest absolute Gasteiger partial charge is 0.396 e. The number of aliphatic hydroxyl groups excluding tert-OH is 1. The summed E-state index contributed by atoms with van der Waals surface area (Å²) in [5.74, 6) is -0.664. The molecule has 1 aromatic rings. The quantitative estimate of drug-likeness (QED) is 0.822. The smallest absolute Gasteiger partial charge is 0.261 e. The van der Waals surface area contributed by atoms with Crippen molar-refractivity contribution in [3.8, 4) is 0 Å². The standard InChI is InChI=1S/C12H16FNO2/c1-12(2,13)11(16)14-10-5-3-9(4-6-10)7-8-15/h3-6,15H,7-8H2,1-2H3,(H,14,16). The number of benzene rings is 1. The highest BCUT2D eigenvalue weighted by molar-refractivity contribution is 5.96. The van der Waals surface area contributed by atoms with Gasteiger partial charge in [-0.15, -0.1) is 0 Å². The molecule has 0 aliphatic rings. The molecule has 0 aliphatic heterocycles. The van der Waals surface area contributed by atoms with E-state index >= 15 is 0 Å². The van der Waals surface area contributed by atoms with E-state index in [1.807, 2.05) is 0 Å². The van der Waals surface area contributed by atoms with Gasteiger partial charge in [0.25, 0.3) is 5.91 Å².